The van der Waals surface area contributed by atoms with Crippen LogP contribution in [0.2, 0.25) is 0 Å². The zero-order valence-corrected chi connectivity index (χ0v) is 15.7. The Labute approximate surface area is 152 Å². The maximum Gasteiger partial charge on any atom is 0.223 e. The largest absolute Gasteiger partial charge is 0.378 e. The number of fused-ring (bicyclic) bond motifs is 2. The number of aliphatic hydroxyl groups is 1. The van der Waals surface area contributed by atoms with Crippen LogP contribution in [0.4, 0.5) is 0 Å². The molecule has 1 aliphatic heterocycles. The van der Waals surface area contributed by atoms with E-state index in [9.17, 15) is 9.90 Å². The molecule has 0 saturated carbocycles. The summed E-state index contributed by atoms with van der Waals surface area (Å²) < 4.78 is 1.20. The average Bonchev–Trinajstić information content (AvgIpc) is 2.79. The number of hydrogen-bond acceptors (Lipinski definition) is 3. The Kier molecular flexibility index (Phi) is 3.44. The van der Waals surface area contributed by atoms with Crippen molar-refractivity contribution < 1.29 is 9.90 Å². The van der Waals surface area contributed by atoms with Gasteiger partial charge in [0.1, 0.15) is 5.44 Å². The molecule has 2 nitrogen and oxygen atoms in total. The lowest BCUT2D eigenvalue weighted by atomic mass is 9.96. The molecular weight excluding hydrogens is 510 g/mol. The Hall–Kier alpha value is -0.380. The van der Waals surface area contributed by atoms with Crippen LogP contribution in [0.15, 0.2) is 41.3 Å². The van der Waals surface area contributed by atoms with E-state index in [4.69, 9.17) is 0 Å². The van der Waals surface area contributed by atoms with Crippen molar-refractivity contribution in [2.75, 3.05) is 0 Å². The van der Waals surface area contributed by atoms with Gasteiger partial charge >= 0.3 is 0 Å². The summed E-state index contributed by atoms with van der Waals surface area (Å²) in [6, 6.07) is 12.0. The van der Waals surface area contributed by atoms with Crippen molar-refractivity contribution in [1.82, 2.24) is 0 Å². The second-order valence-electron chi connectivity index (χ2n) is 4.94. The lowest BCUT2D eigenvalue weighted by Crippen LogP contribution is -1.94. The predicted molar refractivity (Wildman–Crippen MR) is 103 cm³/mol. The van der Waals surface area contributed by atoms with Gasteiger partial charge in [-0.3, -0.25) is 4.79 Å². The third kappa shape index (κ3) is 2.12. The van der Waals surface area contributed by atoms with Crippen molar-refractivity contribution in [3.63, 3.8) is 0 Å². The first-order valence-corrected chi connectivity index (χ1v) is 9.33. The molecule has 1 atom stereocenters. The number of hydrogen-bond donors (Lipinski definition) is 1. The normalized spacial score (nSPS) is 16.8. The van der Waals surface area contributed by atoms with Gasteiger partial charge in [-0.1, -0.05) is 23.9 Å². The van der Waals surface area contributed by atoms with Crippen LogP contribution < -0.4 is 0 Å². The van der Waals surface area contributed by atoms with E-state index in [1.165, 1.54) is 15.3 Å². The van der Waals surface area contributed by atoms with E-state index in [2.05, 4.69) is 46.9 Å². The van der Waals surface area contributed by atoms with E-state index >= 15 is 0 Å². The highest BCUT2D eigenvalue weighted by atomic mass is 127. The first-order valence-electron chi connectivity index (χ1n) is 6.29. The molecule has 1 heterocycles. The van der Waals surface area contributed by atoms with E-state index in [1.807, 2.05) is 34.7 Å². The van der Waals surface area contributed by atoms with E-state index in [0.29, 0.717) is 5.56 Å². The Morgan fingerprint density at radius 2 is 1.95 bits per heavy atom. The number of halogens is 2. The highest BCUT2D eigenvalue weighted by molar-refractivity contribution is 14.1. The number of rotatable bonds is 1. The molecule has 1 unspecified atom stereocenters. The molecule has 0 aromatic heterocycles. The fraction of sp³-hybridized carbons (Fsp3) is 0.0625. The van der Waals surface area contributed by atoms with Crippen LogP contribution in [-0.2, 0) is 0 Å². The predicted octanol–water partition coefficient (Wildman–Crippen LogP) is 5.27. The van der Waals surface area contributed by atoms with Gasteiger partial charge in [-0.15, -0.1) is 0 Å². The zero-order chi connectivity index (χ0) is 14.7. The van der Waals surface area contributed by atoms with Crippen molar-refractivity contribution in [2.24, 2.45) is 0 Å². The SMILES string of the molecule is O=C(I)c1ccc2c3c(c4cc(I)ccc4cc13)SC2O. The first kappa shape index (κ1) is 14.2. The Morgan fingerprint density at radius 3 is 2.71 bits per heavy atom. The molecule has 3 aromatic carbocycles. The standard InChI is InChI=1S/C16H8I2O2S/c17-8-2-1-7-5-12-9(15(18)19)3-4-10-13(12)14(11(7)6-8)21-16(10)20/h1-6,16,20H. The van der Waals surface area contributed by atoms with Gasteiger partial charge in [0.05, 0.1) is 0 Å². The minimum Gasteiger partial charge on any atom is -0.378 e. The molecule has 0 aliphatic carbocycles. The second-order valence-corrected chi connectivity index (χ2v) is 8.26. The molecule has 0 saturated heterocycles. The molecule has 104 valence electrons. The van der Waals surface area contributed by atoms with E-state index in [1.54, 1.807) is 0 Å². The molecule has 0 spiro atoms. The number of benzene rings is 3. The minimum atomic E-state index is -0.552. The molecule has 0 bridgehead atoms. The number of thioether (sulfide) groups is 1. The molecule has 5 heteroatoms. The maximum absolute atomic E-state index is 11.9. The van der Waals surface area contributed by atoms with Crippen molar-refractivity contribution in [1.29, 1.82) is 0 Å². The van der Waals surface area contributed by atoms with Gasteiger partial charge in [-0.05, 0) is 68.6 Å². The Bertz CT molecular complexity index is 937. The number of carbonyl (C=O) groups is 1. The van der Waals surface area contributed by atoms with Crippen molar-refractivity contribution in [2.45, 2.75) is 10.3 Å². The fourth-order valence-electron chi connectivity index (χ4n) is 2.86. The Balaban J connectivity index is 2.25. The zero-order valence-electron chi connectivity index (χ0n) is 10.6. The van der Waals surface area contributed by atoms with E-state index < -0.39 is 5.44 Å². The molecule has 21 heavy (non-hydrogen) atoms. The highest BCUT2D eigenvalue weighted by Gasteiger charge is 2.27. The molecular formula is C16H8I2O2S. The van der Waals surface area contributed by atoms with Crippen LogP contribution in [0, 0.1) is 3.57 Å². The molecule has 3 aromatic rings. The van der Waals surface area contributed by atoms with Gasteiger partial charge in [-0.2, -0.15) is 0 Å². The van der Waals surface area contributed by atoms with Crippen molar-refractivity contribution >= 4 is 82.3 Å². The van der Waals surface area contributed by atoms with Gasteiger partial charge in [0.15, 0.2) is 0 Å². The summed E-state index contributed by atoms with van der Waals surface area (Å²) in [7, 11) is 0. The molecule has 1 N–H and O–H groups in total. The van der Waals surface area contributed by atoms with E-state index in [0.717, 1.165) is 32.0 Å². The van der Waals surface area contributed by atoms with Crippen LogP contribution in [0.25, 0.3) is 21.5 Å². The summed E-state index contributed by atoms with van der Waals surface area (Å²) in [6.07, 6.45) is 0. The highest BCUT2D eigenvalue weighted by Crippen LogP contribution is 2.51. The summed E-state index contributed by atoms with van der Waals surface area (Å²) in [4.78, 5) is 13.0. The van der Waals surface area contributed by atoms with E-state index in [-0.39, 0.29) is 3.79 Å². The molecule has 0 fully saturated rings. The molecule has 0 amide bonds. The summed E-state index contributed by atoms with van der Waals surface area (Å²) >= 11 is 5.59. The first-order chi connectivity index (χ1) is 10.1. The Morgan fingerprint density at radius 1 is 1.14 bits per heavy atom. The average molecular weight is 518 g/mol. The number of aliphatic hydroxyl groups excluding tert-OH is 1. The van der Waals surface area contributed by atoms with Crippen LogP contribution in [0.3, 0.4) is 0 Å². The third-order valence-corrected chi connectivity index (χ3v) is 6.16. The van der Waals surface area contributed by atoms with Gasteiger partial charge in [0.25, 0.3) is 0 Å². The second kappa shape index (κ2) is 5.07. The van der Waals surface area contributed by atoms with Crippen molar-refractivity contribution in [3.05, 3.63) is 51.1 Å². The van der Waals surface area contributed by atoms with Gasteiger partial charge in [0, 0.05) is 42.0 Å². The molecule has 0 radical (unpaired) electrons. The lowest BCUT2D eigenvalue weighted by molar-refractivity contribution is 0.110. The quantitative estimate of drug-likeness (QED) is 0.271. The fourth-order valence-corrected chi connectivity index (χ4v) is 5.01. The van der Waals surface area contributed by atoms with Gasteiger partial charge in [0.2, 0.25) is 3.79 Å². The monoisotopic (exact) mass is 518 g/mol. The van der Waals surface area contributed by atoms with Crippen LogP contribution in [0.1, 0.15) is 21.4 Å². The maximum atomic E-state index is 11.9. The van der Waals surface area contributed by atoms with Crippen LogP contribution >= 0.6 is 56.9 Å². The molecule has 1 aliphatic rings. The van der Waals surface area contributed by atoms with Gasteiger partial charge < -0.3 is 5.11 Å². The van der Waals surface area contributed by atoms with Crippen LogP contribution in [-0.4, -0.2) is 8.90 Å². The summed E-state index contributed by atoms with van der Waals surface area (Å²) in [6.45, 7) is 0. The minimum absolute atomic E-state index is 0.0290. The summed E-state index contributed by atoms with van der Waals surface area (Å²) in [5.74, 6) is 0. The topological polar surface area (TPSA) is 37.3 Å². The smallest absolute Gasteiger partial charge is 0.223 e. The summed E-state index contributed by atoms with van der Waals surface area (Å²) in [5.41, 5.74) is 1.07. The lowest BCUT2D eigenvalue weighted by Gasteiger charge is -2.09. The molecule has 4 rings (SSSR count). The summed E-state index contributed by atoms with van der Waals surface area (Å²) in [5, 5.41) is 14.5. The number of carbonyl (C=O) groups excluding carboxylic acids is 1. The van der Waals surface area contributed by atoms with Gasteiger partial charge in [-0.25, -0.2) is 0 Å². The van der Waals surface area contributed by atoms with Crippen molar-refractivity contribution in [3.8, 4) is 0 Å². The third-order valence-electron chi connectivity index (χ3n) is 3.77. The van der Waals surface area contributed by atoms with Crippen LogP contribution in [0.5, 0.6) is 0 Å².